The largest absolute Gasteiger partial charge is 0.410 e. The van der Waals surface area contributed by atoms with Crippen molar-refractivity contribution < 1.29 is 9.59 Å². The highest BCUT2D eigenvalue weighted by Crippen LogP contribution is 2.53. The fourth-order valence-electron chi connectivity index (χ4n) is 2.90. The molecule has 116 valence electrons. The van der Waals surface area contributed by atoms with E-state index >= 15 is 0 Å². The second-order valence-corrected chi connectivity index (χ2v) is 11.4. The first-order valence-electron chi connectivity index (χ1n) is 8.07. The Bertz CT molecular complexity index is 223. The van der Waals surface area contributed by atoms with Crippen LogP contribution in [0.2, 0.25) is 10.1 Å². The van der Waals surface area contributed by atoms with Crippen molar-refractivity contribution >= 4 is 8.56 Å². The number of unbranched alkanes of at least 4 members (excludes halogenated alkanes) is 4. The number of rotatable bonds is 10. The Morgan fingerprint density at radius 3 is 1.26 bits per heavy atom. The molecule has 0 aromatic rings. The standard InChI is InChI=1S/C16H36O2Si/c1-7-9-11-13-15(3,4)19(17,18)16(5,6)14-12-10-8-2/h17-18H,7-14H2,1-6H3. The Balaban J connectivity index is 4.69. The van der Waals surface area contributed by atoms with Crippen molar-refractivity contribution in [2.45, 2.75) is 103 Å². The smallest absolute Gasteiger partial charge is 0.344 e. The zero-order chi connectivity index (χ0) is 15.2. The van der Waals surface area contributed by atoms with Crippen LogP contribution in [0.15, 0.2) is 0 Å². The molecule has 2 N–H and O–H groups in total. The Morgan fingerprint density at radius 2 is 1.00 bits per heavy atom. The molecule has 0 aliphatic rings. The van der Waals surface area contributed by atoms with Crippen LogP contribution in [0.1, 0.15) is 92.9 Å². The maximum Gasteiger partial charge on any atom is 0.344 e. The van der Waals surface area contributed by atoms with Gasteiger partial charge in [-0.15, -0.1) is 0 Å². The lowest BCUT2D eigenvalue weighted by Gasteiger charge is -2.45. The van der Waals surface area contributed by atoms with E-state index in [2.05, 4.69) is 41.5 Å². The summed E-state index contributed by atoms with van der Waals surface area (Å²) >= 11 is 0. The topological polar surface area (TPSA) is 40.5 Å². The minimum atomic E-state index is -3.26. The molecule has 2 nitrogen and oxygen atoms in total. The quantitative estimate of drug-likeness (QED) is 0.432. The molecule has 0 rings (SSSR count). The molecule has 0 aromatic carbocycles. The van der Waals surface area contributed by atoms with Crippen LogP contribution in [0, 0.1) is 0 Å². The summed E-state index contributed by atoms with van der Waals surface area (Å²) in [5.41, 5.74) is 0. The van der Waals surface area contributed by atoms with Gasteiger partial charge in [-0.3, -0.25) is 0 Å². The van der Waals surface area contributed by atoms with Gasteiger partial charge in [0.2, 0.25) is 0 Å². The van der Waals surface area contributed by atoms with Crippen molar-refractivity contribution in [3.8, 4) is 0 Å². The predicted octanol–water partition coefficient (Wildman–Crippen LogP) is 5.13. The molecule has 3 heteroatoms. The lowest BCUT2D eigenvalue weighted by molar-refractivity contribution is 0.243. The van der Waals surface area contributed by atoms with Crippen LogP contribution in [-0.2, 0) is 0 Å². The molecule has 0 bridgehead atoms. The van der Waals surface area contributed by atoms with Crippen molar-refractivity contribution in [2.24, 2.45) is 0 Å². The molecule has 0 fully saturated rings. The van der Waals surface area contributed by atoms with Gasteiger partial charge in [0, 0.05) is 10.1 Å². The van der Waals surface area contributed by atoms with Crippen molar-refractivity contribution in [3.05, 3.63) is 0 Å². The Hall–Kier alpha value is 0.137. The normalized spacial score (nSPS) is 13.9. The van der Waals surface area contributed by atoms with Crippen molar-refractivity contribution in [3.63, 3.8) is 0 Å². The molecule has 19 heavy (non-hydrogen) atoms. The molecule has 0 aromatic heterocycles. The Morgan fingerprint density at radius 1 is 0.684 bits per heavy atom. The van der Waals surface area contributed by atoms with E-state index in [0.717, 1.165) is 25.7 Å². The lowest BCUT2D eigenvalue weighted by Crippen LogP contribution is -2.54. The monoisotopic (exact) mass is 288 g/mol. The molecule has 0 spiro atoms. The van der Waals surface area contributed by atoms with Gasteiger partial charge in [-0.25, -0.2) is 0 Å². The number of hydrogen-bond acceptors (Lipinski definition) is 2. The highest BCUT2D eigenvalue weighted by Gasteiger charge is 2.56. The third kappa shape index (κ3) is 5.20. The van der Waals surface area contributed by atoms with E-state index in [0.29, 0.717) is 0 Å². The van der Waals surface area contributed by atoms with Crippen LogP contribution >= 0.6 is 0 Å². The van der Waals surface area contributed by atoms with E-state index in [-0.39, 0.29) is 10.1 Å². The van der Waals surface area contributed by atoms with Gasteiger partial charge < -0.3 is 9.59 Å². The van der Waals surface area contributed by atoms with Crippen LogP contribution in [0.5, 0.6) is 0 Å². The summed E-state index contributed by atoms with van der Waals surface area (Å²) in [6.07, 6.45) is 8.79. The zero-order valence-corrected chi connectivity index (χ0v) is 15.1. The lowest BCUT2D eigenvalue weighted by atomic mass is 10.0. The van der Waals surface area contributed by atoms with Crippen molar-refractivity contribution in [2.75, 3.05) is 0 Å². The average Bonchev–Trinajstić information content (AvgIpc) is 2.29. The first-order valence-corrected chi connectivity index (χ1v) is 9.96. The van der Waals surface area contributed by atoms with Gasteiger partial charge in [-0.1, -0.05) is 80.1 Å². The summed E-state index contributed by atoms with van der Waals surface area (Å²) in [5, 5.41) is -0.643. The van der Waals surface area contributed by atoms with E-state index in [1.807, 2.05) is 0 Å². The Kier molecular flexibility index (Phi) is 7.85. The first-order chi connectivity index (χ1) is 8.62. The van der Waals surface area contributed by atoms with Gasteiger partial charge in [0.15, 0.2) is 0 Å². The van der Waals surface area contributed by atoms with Crippen LogP contribution in [0.25, 0.3) is 0 Å². The van der Waals surface area contributed by atoms with E-state index in [1.54, 1.807) is 0 Å². The van der Waals surface area contributed by atoms with Crippen molar-refractivity contribution in [1.29, 1.82) is 0 Å². The number of hydrogen-bond donors (Lipinski definition) is 2. The molecule has 0 heterocycles. The summed E-state index contributed by atoms with van der Waals surface area (Å²) in [5.74, 6) is 0. The first kappa shape index (κ1) is 19.1. The molecule has 0 amide bonds. The summed E-state index contributed by atoms with van der Waals surface area (Å²) in [6, 6.07) is 0. The third-order valence-corrected chi connectivity index (χ3v) is 8.97. The van der Waals surface area contributed by atoms with Gasteiger partial charge in [0.1, 0.15) is 0 Å². The van der Waals surface area contributed by atoms with Gasteiger partial charge in [-0.05, 0) is 12.8 Å². The predicted molar refractivity (Wildman–Crippen MR) is 86.6 cm³/mol. The van der Waals surface area contributed by atoms with Crippen LogP contribution in [-0.4, -0.2) is 18.2 Å². The highest BCUT2D eigenvalue weighted by molar-refractivity contribution is 6.71. The van der Waals surface area contributed by atoms with Crippen molar-refractivity contribution in [1.82, 2.24) is 0 Å². The van der Waals surface area contributed by atoms with E-state index in [9.17, 15) is 9.59 Å². The molecule has 0 radical (unpaired) electrons. The van der Waals surface area contributed by atoms with Gasteiger partial charge >= 0.3 is 8.56 Å². The van der Waals surface area contributed by atoms with E-state index in [1.165, 1.54) is 25.7 Å². The van der Waals surface area contributed by atoms with Gasteiger partial charge in [-0.2, -0.15) is 0 Å². The maximum atomic E-state index is 10.9. The second-order valence-electron chi connectivity index (χ2n) is 7.35. The summed E-state index contributed by atoms with van der Waals surface area (Å²) < 4.78 is 0. The van der Waals surface area contributed by atoms with E-state index in [4.69, 9.17) is 0 Å². The fourth-order valence-corrected chi connectivity index (χ4v) is 5.78. The SMILES string of the molecule is CCCCCC(C)(C)[Si](O)(O)C(C)(C)CCCCC. The molecular weight excluding hydrogens is 252 g/mol. The van der Waals surface area contributed by atoms with Gasteiger partial charge in [0.05, 0.1) is 0 Å². The molecule has 0 saturated heterocycles. The molecule has 0 aliphatic carbocycles. The molecule has 0 saturated carbocycles. The molecule has 0 atom stereocenters. The minimum Gasteiger partial charge on any atom is -0.410 e. The van der Waals surface area contributed by atoms with Crippen LogP contribution in [0.3, 0.4) is 0 Å². The molecular formula is C16H36O2Si. The van der Waals surface area contributed by atoms with Crippen LogP contribution in [0.4, 0.5) is 0 Å². The zero-order valence-electron chi connectivity index (χ0n) is 14.1. The average molecular weight is 289 g/mol. The summed E-state index contributed by atoms with van der Waals surface area (Å²) in [7, 11) is -3.26. The highest BCUT2D eigenvalue weighted by atomic mass is 28.4. The molecule has 0 aliphatic heterocycles. The Labute approximate surface area is 121 Å². The molecule has 0 unspecified atom stereocenters. The summed E-state index contributed by atoms with van der Waals surface area (Å²) in [4.78, 5) is 21.7. The third-order valence-electron chi connectivity index (χ3n) is 4.70. The van der Waals surface area contributed by atoms with Crippen LogP contribution < -0.4 is 0 Å². The van der Waals surface area contributed by atoms with Gasteiger partial charge in [0.25, 0.3) is 0 Å². The minimum absolute atomic E-state index is 0.322. The second kappa shape index (κ2) is 7.80. The fraction of sp³-hybridized carbons (Fsp3) is 1.00. The summed E-state index contributed by atoms with van der Waals surface area (Å²) in [6.45, 7) is 12.6. The van der Waals surface area contributed by atoms with E-state index < -0.39 is 8.56 Å². The maximum absolute atomic E-state index is 10.9.